The van der Waals surface area contributed by atoms with Crippen LogP contribution in [0.15, 0.2) is 30.3 Å². The Hall–Kier alpha value is -1.35. The van der Waals surface area contributed by atoms with Gasteiger partial charge in [0.15, 0.2) is 0 Å². The van der Waals surface area contributed by atoms with Crippen LogP contribution in [0.5, 0.6) is 0 Å². The molecule has 1 aliphatic rings. The van der Waals surface area contributed by atoms with E-state index in [1.165, 1.54) is 0 Å². The Morgan fingerprint density at radius 3 is 2.79 bits per heavy atom. The van der Waals surface area contributed by atoms with Crippen LogP contribution < -0.4 is 5.32 Å². The Kier molecular flexibility index (Phi) is 2.79. The minimum absolute atomic E-state index is 0.0336. The first-order valence-electron chi connectivity index (χ1n) is 4.84. The Bertz CT molecular complexity index is 304. The van der Waals surface area contributed by atoms with Crippen LogP contribution >= 0.6 is 0 Å². The topological polar surface area (TPSA) is 38.3 Å². The van der Waals surface area contributed by atoms with Gasteiger partial charge in [0.1, 0.15) is 6.10 Å². The lowest BCUT2D eigenvalue weighted by atomic mass is 10.2. The van der Waals surface area contributed by atoms with Crippen LogP contribution in [0.3, 0.4) is 0 Å². The number of para-hydroxylation sites is 1. The van der Waals surface area contributed by atoms with E-state index in [2.05, 4.69) is 5.32 Å². The maximum absolute atomic E-state index is 11.6. The van der Waals surface area contributed by atoms with Gasteiger partial charge in [0, 0.05) is 12.3 Å². The minimum Gasteiger partial charge on any atom is -0.368 e. The van der Waals surface area contributed by atoms with Gasteiger partial charge in [0.2, 0.25) is 0 Å². The molecule has 0 aliphatic carbocycles. The van der Waals surface area contributed by atoms with Crippen molar-refractivity contribution < 1.29 is 9.53 Å². The van der Waals surface area contributed by atoms with E-state index < -0.39 is 0 Å². The molecule has 1 aromatic rings. The fraction of sp³-hybridized carbons (Fsp3) is 0.364. The molecule has 3 heteroatoms. The summed E-state index contributed by atoms with van der Waals surface area (Å²) in [6.45, 7) is 0.701. The zero-order valence-electron chi connectivity index (χ0n) is 7.90. The van der Waals surface area contributed by atoms with Crippen LogP contribution in [-0.4, -0.2) is 18.6 Å². The normalized spacial score (nSPS) is 20.7. The number of carbonyl (C=O) groups excluding carboxylic acids is 1. The second-order valence-electron chi connectivity index (χ2n) is 3.36. The average Bonchev–Trinajstić information content (AvgIpc) is 2.72. The first-order valence-corrected chi connectivity index (χ1v) is 4.84. The highest BCUT2D eigenvalue weighted by atomic mass is 16.5. The Labute approximate surface area is 83.1 Å². The molecule has 0 saturated carbocycles. The van der Waals surface area contributed by atoms with Crippen LogP contribution in [0.1, 0.15) is 12.8 Å². The lowest BCUT2D eigenvalue weighted by Crippen LogP contribution is -2.26. The summed E-state index contributed by atoms with van der Waals surface area (Å²) < 4.78 is 5.27. The van der Waals surface area contributed by atoms with E-state index in [9.17, 15) is 4.79 Å². The second-order valence-corrected chi connectivity index (χ2v) is 3.36. The van der Waals surface area contributed by atoms with E-state index in [0.717, 1.165) is 18.5 Å². The van der Waals surface area contributed by atoms with E-state index >= 15 is 0 Å². The van der Waals surface area contributed by atoms with E-state index in [-0.39, 0.29) is 12.0 Å². The number of rotatable bonds is 2. The summed E-state index contributed by atoms with van der Waals surface area (Å²) in [6, 6.07) is 9.44. The molecule has 0 unspecified atom stereocenters. The minimum atomic E-state index is -0.254. The third-order valence-electron chi connectivity index (χ3n) is 2.26. The van der Waals surface area contributed by atoms with Gasteiger partial charge >= 0.3 is 0 Å². The Morgan fingerprint density at radius 2 is 2.14 bits per heavy atom. The van der Waals surface area contributed by atoms with Crippen LogP contribution in [0.2, 0.25) is 0 Å². The van der Waals surface area contributed by atoms with Gasteiger partial charge in [-0.15, -0.1) is 0 Å². The summed E-state index contributed by atoms with van der Waals surface area (Å²) >= 11 is 0. The van der Waals surface area contributed by atoms with E-state index in [0.29, 0.717) is 6.61 Å². The largest absolute Gasteiger partial charge is 0.368 e. The molecule has 0 aromatic heterocycles. The number of hydrogen-bond acceptors (Lipinski definition) is 2. The fourth-order valence-corrected chi connectivity index (χ4v) is 1.53. The molecule has 74 valence electrons. The fourth-order valence-electron chi connectivity index (χ4n) is 1.53. The van der Waals surface area contributed by atoms with Gasteiger partial charge in [-0.25, -0.2) is 0 Å². The number of nitrogens with one attached hydrogen (secondary N) is 1. The highest BCUT2D eigenvalue weighted by molar-refractivity contribution is 5.94. The van der Waals surface area contributed by atoms with Crippen molar-refractivity contribution in [3.8, 4) is 0 Å². The summed E-state index contributed by atoms with van der Waals surface area (Å²) in [4.78, 5) is 11.6. The quantitative estimate of drug-likeness (QED) is 0.774. The molecule has 1 aromatic carbocycles. The number of anilines is 1. The third kappa shape index (κ3) is 2.12. The highest BCUT2D eigenvalue weighted by Gasteiger charge is 2.23. The molecule has 0 radical (unpaired) electrons. The van der Waals surface area contributed by atoms with Crippen molar-refractivity contribution in [2.45, 2.75) is 18.9 Å². The molecule has 1 fully saturated rings. The van der Waals surface area contributed by atoms with E-state index in [1.807, 2.05) is 30.3 Å². The maximum Gasteiger partial charge on any atom is 0.253 e. The first-order chi connectivity index (χ1) is 6.86. The molecule has 1 amide bonds. The number of carbonyl (C=O) groups is 1. The van der Waals surface area contributed by atoms with Crippen molar-refractivity contribution in [1.29, 1.82) is 0 Å². The molecule has 1 heterocycles. The molecule has 1 N–H and O–H groups in total. The number of amides is 1. The van der Waals surface area contributed by atoms with Gasteiger partial charge in [-0.1, -0.05) is 18.2 Å². The van der Waals surface area contributed by atoms with Gasteiger partial charge in [-0.2, -0.15) is 0 Å². The predicted molar refractivity (Wildman–Crippen MR) is 54.0 cm³/mol. The molecule has 3 nitrogen and oxygen atoms in total. The summed E-state index contributed by atoms with van der Waals surface area (Å²) in [5.41, 5.74) is 0.827. The smallest absolute Gasteiger partial charge is 0.253 e. The Morgan fingerprint density at radius 1 is 1.36 bits per heavy atom. The van der Waals surface area contributed by atoms with Crippen molar-refractivity contribution in [3.05, 3.63) is 30.3 Å². The van der Waals surface area contributed by atoms with Gasteiger partial charge in [0.05, 0.1) is 0 Å². The Balaban J connectivity index is 1.94. The lowest BCUT2D eigenvalue weighted by molar-refractivity contribution is -0.124. The highest BCUT2D eigenvalue weighted by Crippen LogP contribution is 2.14. The molecule has 1 aliphatic heterocycles. The molecule has 0 spiro atoms. The molecule has 2 rings (SSSR count). The first kappa shape index (κ1) is 9.21. The summed E-state index contributed by atoms with van der Waals surface area (Å²) in [7, 11) is 0. The van der Waals surface area contributed by atoms with Gasteiger partial charge in [-0.3, -0.25) is 4.79 Å². The monoisotopic (exact) mass is 191 g/mol. The number of hydrogen-bond donors (Lipinski definition) is 1. The molecule has 1 atom stereocenters. The maximum atomic E-state index is 11.6. The van der Waals surface area contributed by atoms with E-state index in [1.54, 1.807) is 0 Å². The summed E-state index contributed by atoms with van der Waals surface area (Å²) in [5.74, 6) is -0.0336. The van der Waals surface area contributed by atoms with Gasteiger partial charge < -0.3 is 10.1 Å². The molecular formula is C11H13NO2. The van der Waals surface area contributed by atoms with Gasteiger partial charge in [-0.05, 0) is 25.0 Å². The molecule has 1 saturated heterocycles. The van der Waals surface area contributed by atoms with Crippen LogP contribution in [0, 0.1) is 0 Å². The molecule has 14 heavy (non-hydrogen) atoms. The molecular weight excluding hydrogens is 178 g/mol. The van der Waals surface area contributed by atoms with Crippen molar-refractivity contribution >= 4 is 11.6 Å². The SMILES string of the molecule is O=C(Nc1ccccc1)[C@@H]1CCCO1. The summed E-state index contributed by atoms with van der Waals surface area (Å²) in [5, 5.41) is 2.82. The van der Waals surface area contributed by atoms with E-state index in [4.69, 9.17) is 4.74 Å². The van der Waals surface area contributed by atoms with Crippen LogP contribution in [0.4, 0.5) is 5.69 Å². The van der Waals surface area contributed by atoms with Crippen molar-refractivity contribution in [3.63, 3.8) is 0 Å². The zero-order valence-corrected chi connectivity index (χ0v) is 7.90. The molecule has 0 bridgehead atoms. The second kappa shape index (κ2) is 4.24. The summed E-state index contributed by atoms with van der Waals surface area (Å²) in [6.07, 6.45) is 1.56. The van der Waals surface area contributed by atoms with Crippen LogP contribution in [0.25, 0.3) is 0 Å². The van der Waals surface area contributed by atoms with Crippen LogP contribution in [-0.2, 0) is 9.53 Å². The van der Waals surface area contributed by atoms with Crippen molar-refractivity contribution in [1.82, 2.24) is 0 Å². The number of ether oxygens (including phenoxy) is 1. The standard InChI is InChI=1S/C11H13NO2/c13-11(10-7-4-8-14-10)12-9-5-2-1-3-6-9/h1-3,5-6,10H,4,7-8H2,(H,12,13)/t10-/m0/s1. The lowest BCUT2D eigenvalue weighted by Gasteiger charge is -2.09. The predicted octanol–water partition coefficient (Wildman–Crippen LogP) is 1.80. The van der Waals surface area contributed by atoms with Gasteiger partial charge in [0.25, 0.3) is 5.91 Å². The average molecular weight is 191 g/mol. The zero-order chi connectivity index (χ0) is 9.80. The van der Waals surface area contributed by atoms with Crippen molar-refractivity contribution in [2.24, 2.45) is 0 Å². The van der Waals surface area contributed by atoms with Crippen molar-refractivity contribution in [2.75, 3.05) is 11.9 Å². The third-order valence-corrected chi connectivity index (χ3v) is 2.26. The number of benzene rings is 1.